The number of furan rings is 1. The summed E-state index contributed by atoms with van der Waals surface area (Å²) in [6.45, 7) is 6.29. The standard InChI is InChI=1S/C18H26N2O3/c1-14(2)12-17(21)19-13-15-7-9-20(10-8-15)18(22)6-5-16-4-3-11-23-16/h3-6,11,14-15H,7-10,12-13H2,1-2H3,(H,19,21)/b6-5+. The highest BCUT2D eigenvalue weighted by Gasteiger charge is 2.22. The van der Waals surface area contributed by atoms with Crippen LogP contribution in [0.15, 0.2) is 28.9 Å². The van der Waals surface area contributed by atoms with Gasteiger partial charge in [0.1, 0.15) is 5.76 Å². The molecule has 0 aromatic carbocycles. The van der Waals surface area contributed by atoms with Gasteiger partial charge in [-0.1, -0.05) is 13.8 Å². The maximum absolute atomic E-state index is 12.1. The molecule has 5 nitrogen and oxygen atoms in total. The van der Waals surface area contributed by atoms with Gasteiger partial charge in [-0.15, -0.1) is 0 Å². The van der Waals surface area contributed by atoms with Crippen molar-refractivity contribution in [3.05, 3.63) is 30.2 Å². The van der Waals surface area contributed by atoms with Gasteiger partial charge in [0, 0.05) is 32.1 Å². The molecule has 2 heterocycles. The zero-order valence-electron chi connectivity index (χ0n) is 14.0. The van der Waals surface area contributed by atoms with Crippen molar-refractivity contribution in [2.45, 2.75) is 33.1 Å². The maximum atomic E-state index is 12.1. The molecule has 0 aliphatic carbocycles. The largest absolute Gasteiger partial charge is 0.465 e. The molecule has 0 radical (unpaired) electrons. The van der Waals surface area contributed by atoms with E-state index in [-0.39, 0.29) is 11.8 Å². The van der Waals surface area contributed by atoms with Crippen LogP contribution in [0.25, 0.3) is 6.08 Å². The van der Waals surface area contributed by atoms with Gasteiger partial charge in [0.15, 0.2) is 0 Å². The summed E-state index contributed by atoms with van der Waals surface area (Å²) in [6, 6.07) is 3.61. The first kappa shape index (κ1) is 17.3. The average molecular weight is 318 g/mol. The quantitative estimate of drug-likeness (QED) is 0.820. The van der Waals surface area contributed by atoms with E-state index in [9.17, 15) is 9.59 Å². The predicted octanol–water partition coefficient (Wildman–Crippen LogP) is 2.69. The Morgan fingerprint density at radius 3 is 2.74 bits per heavy atom. The summed E-state index contributed by atoms with van der Waals surface area (Å²) >= 11 is 0. The molecule has 1 fully saturated rings. The summed E-state index contributed by atoms with van der Waals surface area (Å²) in [4.78, 5) is 25.6. The van der Waals surface area contributed by atoms with E-state index in [4.69, 9.17) is 4.42 Å². The molecule has 23 heavy (non-hydrogen) atoms. The lowest BCUT2D eigenvalue weighted by atomic mass is 9.96. The Hall–Kier alpha value is -2.04. The second-order valence-corrected chi connectivity index (χ2v) is 6.52. The minimum atomic E-state index is 0.0173. The van der Waals surface area contributed by atoms with Crippen LogP contribution < -0.4 is 5.32 Å². The number of piperidine rings is 1. The van der Waals surface area contributed by atoms with Gasteiger partial charge in [0.25, 0.3) is 0 Å². The van der Waals surface area contributed by atoms with Crippen LogP contribution in [-0.2, 0) is 9.59 Å². The maximum Gasteiger partial charge on any atom is 0.246 e. The molecule has 1 aromatic heterocycles. The topological polar surface area (TPSA) is 62.6 Å². The van der Waals surface area contributed by atoms with E-state index in [0.29, 0.717) is 24.0 Å². The summed E-state index contributed by atoms with van der Waals surface area (Å²) in [5.41, 5.74) is 0. The lowest BCUT2D eigenvalue weighted by Gasteiger charge is -2.31. The molecule has 1 aromatic rings. The van der Waals surface area contributed by atoms with Gasteiger partial charge in [-0.2, -0.15) is 0 Å². The Kier molecular flexibility index (Phi) is 6.44. The molecule has 1 aliphatic rings. The first-order chi connectivity index (χ1) is 11.0. The first-order valence-electron chi connectivity index (χ1n) is 8.31. The molecule has 1 N–H and O–H groups in total. The summed E-state index contributed by atoms with van der Waals surface area (Å²) in [5.74, 6) is 1.67. The molecular weight excluding hydrogens is 292 g/mol. The van der Waals surface area contributed by atoms with Crippen LogP contribution in [0, 0.1) is 11.8 Å². The minimum Gasteiger partial charge on any atom is -0.465 e. The molecule has 2 rings (SSSR count). The third-order valence-electron chi connectivity index (χ3n) is 4.04. The molecule has 126 valence electrons. The molecule has 2 amide bonds. The smallest absolute Gasteiger partial charge is 0.246 e. The Balaban J connectivity index is 1.69. The van der Waals surface area contributed by atoms with Gasteiger partial charge in [-0.25, -0.2) is 0 Å². The fraction of sp³-hybridized carbons (Fsp3) is 0.556. The summed E-state index contributed by atoms with van der Waals surface area (Å²) in [5, 5.41) is 3.00. The van der Waals surface area contributed by atoms with Crippen LogP contribution in [0.4, 0.5) is 0 Å². The minimum absolute atomic E-state index is 0.0173. The second-order valence-electron chi connectivity index (χ2n) is 6.52. The number of hydrogen-bond acceptors (Lipinski definition) is 3. The second kappa shape index (κ2) is 8.56. The monoisotopic (exact) mass is 318 g/mol. The van der Waals surface area contributed by atoms with Gasteiger partial charge in [-0.05, 0) is 42.9 Å². The molecule has 1 aliphatic heterocycles. The number of nitrogens with one attached hydrogen (secondary N) is 1. The third-order valence-corrected chi connectivity index (χ3v) is 4.04. The number of likely N-dealkylation sites (tertiary alicyclic amines) is 1. The number of hydrogen-bond donors (Lipinski definition) is 1. The Bertz CT molecular complexity index is 526. The van der Waals surface area contributed by atoms with E-state index in [1.54, 1.807) is 24.5 Å². The third kappa shape index (κ3) is 5.93. The van der Waals surface area contributed by atoms with E-state index < -0.39 is 0 Å². The normalized spacial score (nSPS) is 16.2. The zero-order chi connectivity index (χ0) is 16.7. The Labute approximate surface area is 137 Å². The highest BCUT2D eigenvalue weighted by Crippen LogP contribution is 2.17. The van der Waals surface area contributed by atoms with Crippen LogP contribution >= 0.6 is 0 Å². The van der Waals surface area contributed by atoms with Crippen LogP contribution in [0.5, 0.6) is 0 Å². The van der Waals surface area contributed by atoms with Crippen molar-refractivity contribution in [3.8, 4) is 0 Å². The van der Waals surface area contributed by atoms with E-state index in [1.807, 2.05) is 24.8 Å². The highest BCUT2D eigenvalue weighted by molar-refractivity contribution is 5.91. The van der Waals surface area contributed by atoms with Crippen LogP contribution in [-0.4, -0.2) is 36.3 Å². The average Bonchev–Trinajstić information content (AvgIpc) is 3.04. The Morgan fingerprint density at radius 1 is 1.39 bits per heavy atom. The highest BCUT2D eigenvalue weighted by atomic mass is 16.3. The van der Waals surface area contributed by atoms with Crippen molar-refractivity contribution in [1.82, 2.24) is 10.2 Å². The van der Waals surface area contributed by atoms with Gasteiger partial charge < -0.3 is 14.6 Å². The van der Waals surface area contributed by atoms with E-state index >= 15 is 0 Å². The zero-order valence-corrected chi connectivity index (χ0v) is 14.0. The van der Waals surface area contributed by atoms with Gasteiger partial charge in [-0.3, -0.25) is 9.59 Å². The molecule has 5 heteroatoms. The molecule has 0 unspecified atom stereocenters. The summed E-state index contributed by atoms with van der Waals surface area (Å²) in [7, 11) is 0. The van der Waals surface area contributed by atoms with Crippen molar-refractivity contribution < 1.29 is 14.0 Å². The molecule has 0 spiro atoms. The number of carbonyl (C=O) groups excluding carboxylic acids is 2. The number of rotatable bonds is 6. The van der Waals surface area contributed by atoms with Gasteiger partial charge >= 0.3 is 0 Å². The van der Waals surface area contributed by atoms with Crippen molar-refractivity contribution in [2.24, 2.45) is 11.8 Å². The van der Waals surface area contributed by atoms with Crippen LogP contribution in [0.3, 0.4) is 0 Å². The van der Waals surface area contributed by atoms with E-state index in [2.05, 4.69) is 5.32 Å². The molecule has 1 saturated heterocycles. The lowest BCUT2D eigenvalue weighted by molar-refractivity contribution is -0.127. The van der Waals surface area contributed by atoms with Gasteiger partial charge in [0.05, 0.1) is 6.26 Å². The Morgan fingerprint density at radius 2 is 2.13 bits per heavy atom. The van der Waals surface area contributed by atoms with E-state index in [1.165, 1.54) is 0 Å². The van der Waals surface area contributed by atoms with Crippen molar-refractivity contribution >= 4 is 17.9 Å². The lowest BCUT2D eigenvalue weighted by Crippen LogP contribution is -2.41. The van der Waals surface area contributed by atoms with Crippen LogP contribution in [0.2, 0.25) is 0 Å². The van der Waals surface area contributed by atoms with Crippen LogP contribution in [0.1, 0.15) is 38.9 Å². The number of carbonyl (C=O) groups is 2. The predicted molar refractivity (Wildman–Crippen MR) is 89.5 cm³/mol. The fourth-order valence-electron chi connectivity index (χ4n) is 2.70. The van der Waals surface area contributed by atoms with E-state index in [0.717, 1.165) is 32.5 Å². The summed E-state index contributed by atoms with van der Waals surface area (Å²) in [6.07, 6.45) is 7.28. The van der Waals surface area contributed by atoms with Gasteiger partial charge in [0.2, 0.25) is 11.8 Å². The van der Waals surface area contributed by atoms with Crippen molar-refractivity contribution in [2.75, 3.05) is 19.6 Å². The SMILES string of the molecule is CC(C)CC(=O)NCC1CCN(C(=O)/C=C/c2ccco2)CC1. The number of nitrogens with zero attached hydrogens (tertiary/aromatic N) is 1. The van der Waals surface area contributed by atoms with Crippen molar-refractivity contribution in [3.63, 3.8) is 0 Å². The van der Waals surface area contributed by atoms with Crippen molar-refractivity contribution in [1.29, 1.82) is 0 Å². The number of amides is 2. The fourth-order valence-corrected chi connectivity index (χ4v) is 2.70. The molecule has 0 atom stereocenters. The first-order valence-corrected chi connectivity index (χ1v) is 8.31. The molecule has 0 bridgehead atoms. The molecular formula is C18H26N2O3. The molecule has 0 saturated carbocycles. The summed E-state index contributed by atoms with van der Waals surface area (Å²) < 4.78 is 5.17.